The van der Waals surface area contributed by atoms with Gasteiger partial charge in [0.25, 0.3) is 0 Å². The van der Waals surface area contributed by atoms with Crippen LogP contribution >= 0.6 is 0 Å². The Bertz CT molecular complexity index is 1010. The molecular formula is C23H24N2O3. The first-order valence-corrected chi connectivity index (χ1v) is 9.28. The van der Waals surface area contributed by atoms with Crippen LogP contribution in [0.25, 0.3) is 11.5 Å². The lowest BCUT2D eigenvalue weighted by molar-refractivity contribution is -0.116. The van der Waals surface area contributed by atoms with Crippen LogP contribution in [0.1, 0.15) is 45.8 Å². The fourth-order valence-electron chi connectivity index (χ4n) is 2.95. The van der Waals surface area contributed by atoms with Gasteiger partial charge in [0.15, 0.2) is 5.78 Å². The molecule has 144 valence electrons. The molecule has 3 aromatic rings. The van der Waals surface area contributed by atoms with Crippen LogP contribution in [0.5, 0.6) is 0 Å². The average molecular weight is 376 g/mol. The Hall–Kier alpha value is -3.21. The third kappa shape index (κ3) is 4.55. The molecule has 0 saturated heterocycles. The number of aryl methyl sites for hydroxylation is 4. The molecule has 0 unspecified atom stereocenters. The monoisotopic (exact) mass is 376 g/mol. The minimum Gasteiger partial charge on any atom is -0.441 e. The normalized spacial score (nSPS) is 10.7. The molecule has 0 fully saturated rings. The molecule has 1 aromatic heterocycles. The highest BCUT2D eigenvalue weighted by Crippen LogP contribution is 2.24. The fourth-order valence-corrected chi connectivity index (χ4v) is 2.95. The molecule has 28 heavy (non-hydrogen) atoms. The quantitative estimate of drug-likeness (QED) is 0.602. The van der Waals surface area contributed by atoms with E-state index in [0.717, 1.165) is 28.1 Å². The molecule has 0 atom stereocenters. The van der Waals surface area contributed by atoms with Gasteiger partial charge in [-0.2, -0.15) is 0 Å². The van der Waals surface area contributed by atoms with E-state index in [1.165, 1.54) is 0 Å². The van der Waals surface area contributed by atoms with Crippen LogP contribution in [0.2, 0.25) is 0 Å². The number of carbonyl (C=O) groups is 2. The van der Waals surface area contributed by atoms with E-state index in [-0.39, 0.29) is 24.5 Å². The van der Waals surface area contributed by atoms with Crippen LogP contribution in [0.3, 0.4) is 0 Å². The molecule has 0 aliphatic heterocycles. The first kappa shape index (κ1) is 19.5. The van der Waals surface area contributed by atoms with Crippen molar-refractivity contribution in [2.75, 3.05) is 5.32 Å². The second kappa shape index (κ2) is 8.21. The van der Waals surface area contributed by atoms with Crippen molar-refractivity contribution in [3.63, 3.8) is 0 Å². The number of oxazole rings is 1. The van der Waals surface area contributed by atoms with Crippen LogP contribution in [0.15, 0.2) is 46.9 Å². The number of benzene rings is 2. The van der Waals surface area contributed by atoms with E-state index in [2.05, 4.69) is 10.3 Å². The molecule has 0 bridgehead atoms. The van der Waals surface area contributed by atoms with Crippen LogP contribution < -0.4 is 5.32 Å². The molecule has 5 heteroatoms. The van der Waals surface area contributed by atoms with E-state index < -0.39 is 0 Å². The lowest BCUT2D eigenvalue weighted by Gasteiger charge is -2.08. The number of nitrogens with zero attached hydrogens (tertiary/aromatic N) is 1. The maximum absolute atomic E-state index is 12.4. The second-order valence-corrected chi connectivity index (χ2v) is 7.03. The Balaban J connectivity index is 1.63. The van der Waals surface area contributed by atoms with Gasteiger partial charge in [-0.05, 0) is 57.5 Å². The lowest BCUT2D eigenvalue weighted by atomic mass is 9.99. The van der Waals surface area contributed by atoms with Crippen LogP contribution in [-0.2, 0) is 4.79 Å². The summed E-state index contributed by atoms with van der Waals surface area (Å²) in [5, 5.41) is 2.85. The minimum atomic E-state index is -0.199. The summed E-state index contributed by atoms with van der Waals surface area (Å²) in [6, 6.07) is 13.1. The minimum absolute atomic E-state index is 0.0177. The fraction of sp³-hybridized carbons (Fsp3) is 0.261. The van der Waals surface area contributed by atoms with E-state index in [4.69, 9.17) is 4.42 Å². The molecule has 0 spiro atoms. The number of rotatable bonds is 6. The van der Waals surface area contributed by atoms with Crippen molar-refractivity contribution >= 4 is 17.4 Å². The zero-order valence-corrected chi connectivity index (χ0v) is 16.6. The smallest absolute Gasteiger partial charge is 0.226 e. The van der Waals surface area contributed by atoms with Gasteiger partial charge >= 0.3 is 0 Å². The second-order valence-electron chi connectivity index (χ2n) is 7.03. The van der Waals surface area contributed by atoms with Gasteiger partial charge in [-0.3, -0.25) is 9.59 Å². The van der Waals surface area contributed by atoms with Crippen molar-refractivity contribution in [1.82, 2.24) is 4.98 Å². The molecule has 3 rings (SSSR count). The third-order valence-electron chi connectivity index (χ3n) is 4.69. The van der Waals surface area contributed by atoms with E-state index >= 15 is 0 Å². The number of anilines is 1. The predicted octanol–water partition coefficient (Wildman–Crippen LogP) is 5.18. The van der Waals surface area contributed by atoms with Gasteiger partial charge in [0, 0.05) is 29.7 Å². The molecule has 1 N–H and O–H groups in total. The number of hydrogen-bond donors (Lipinski definition) is 1. The number of hydrogen-bond acceptors (Lipinski definition) is 4. The Kier molecular flexibility index (Phi) is 5.73. The molecule has 0 aliphatic carbocycles. The number of nitrogens with one attached hydrogen (secondary N) is 1. The van der Waals surface area contributed by atoms with Gasteiger partial charge in [-0.25, -0.2) is 4.98 Å². The molecule has 5 nitrogen and oxygen atoms in total. The standard InChI is InChI=1S/C23H24N2O3/c1-14-8-9-15(2)20(12-14)21(26)10-11-22(27)25-19-7-5-6-18(13-19)23-24-16(3)17(4)28-23/h5-9,12-13H,10-11H2,1-4H3,(H,25,27). The van der Waals surface area contributed by atoms with Crippen molar-refractivity contribution in [2.24, 2.45) is 0 Å². The first-order valence-electron chi connectivity index (χ1n) is 9.28. The van der Waals surface area contributed by atoms with Crippen molar-refractivity contribution in [2.45, 2.75) is 40.5 Å². The molecule has 0 aliphatic rings. The highest BCUT2D eigenvalue weighted by atomic mass is 16.4. The van der Waals surface area contributed by atoms with Gasteiger partial charge in [0.2, 0.25) is 11.8 Å². The van der Waals surface area contributed by atoms with Crippen molar-refractivity contribution in [1.29, 1.82) is 0 Å². The van der Waals surface area contributed by atoms with E-state index in [1.807, 2.05) is 64.1 Å². The summed E-state index contributed by atoms with van der Waals surface area (Å²) in [5.74, 6) is 1.08. The van der Waals surface area contributed by atoms with Crippen LogP contribution in [-0.4, -0.2) is 16.7 Å². The Labute approximate surface area is 164 Å². The zero-order chi connectivity index (χ0) is 20.3. The average Bonchev–Trinajstić information content (AvgIpc) is 3.01. The maximum atomic E-state index is 12.4. The van der Waals surface area contributed by atoms with Gasteiger partial charge in [-0.1, -0.05) is 23.8 Å². The van der Waals surface area contributed by atoms with Crippen molar-refractivity contribution in [3.8, 4) is 11.5 Å². The number of ketones is 1. The van der Waals surface area contributed by atoms with Crippen LogP contribution in [0.4, 0.5) is 5.69 Å². The number of carbonyl (C=O) groups excluding carboxylic acids is 2. The van der Waals surface area contributed by atoms with E-state index in [0.29, 0.717) is 17.1 Å². The molecule has 0 radical (unpaired) electrons. The molecular weight excluding hydrogens is 352 g/mol. The summed E-state index contributed by atoms with van der Waals surface area (Å²) in [6.07, 6.45) is 0.307. The van der Waals surface area contributed by atoms with Crippen LogP contribution in [0, 0.1) is 27.7 Å². The van der Waals surface area contributed by atoms with Crippen molar-refractivity contribution in [3.05, 3.63) is 70.6 Å². The summed E-state index contributed by atoms with van der Waals surface area (Å²) < 4.78 is 5.64. The lowest BCUT2D eigenvalue weighted by Crippen LogP contribution is -2.14. The number of aromatic nitrogens is 1. The highest BCUT2D eigenvalue weighted by molar-refractivity contribution is 6.01. The van der Waals surface area contributed by atoms with Gasteiger partial charge < -0.3 is 9.73 Å². The largest absolute Gasteiger partial charge is 0.441 e. The Morgan fingerprint density at radius 3 is 2.50 bits per heavy atom. The highest BCUT2D eigenvalue weighted by Gasteiger charge is 2.13. The van der Waals surface area contributed by atoms with Gasteiger partial charge in [-0.15, -0.1) is 0 Å². The summed E-state index contributed by atoms with van der Waals surface area (Å²) >= 11 is 0. The summed E-state index contributed by atoms with van der Waals surface area (Å²) in [6.45, 7) is 7.61. The van der Waals surface area contributed by atoms with Crippen molar-refractivity contribution < 1.29 is 14.0 Å². The summed E-state index contributed by atoms with van der Waals surface area (Å²) in [4.78, 5) is 29.1. The third-order valence-corrected chi connectivity index (χ3v) is 4.69. The molecule has 1 heterocycles. The number of amides is 1. The summed E-state index contributed by atoms with van der Waals surface area (Å²) in [7, 11) is 0. The summed E-state index contributed by atoms with van der Waals surface area (Å²) in [5.41, 5.74) is 4.93. The first-order chi connectivity index (χ1) is 13.3. The Morgan fingerprint density at radius 1 is 1.00 bits per heavy atom. The predicted molar refractivity (Wildman–Crippen MR) is 110 cm³/mol. The topological polar surface area (TPSA) is 72.2 Å². The SMILES string of the molecule is Cc1ccc(C)c(C(=O)CCC(=O)Nc2cccc(-c3nc(C)c(C)o3)c2)c1. The van der Waals surface area contributed by atoms with Gasteiger partial charge in [0.1, 0.15) is 5.76 Å². The van der Waals surface area contributed by atoms with Gasteiger partial charge in [0.05, 0.1) is 5.69 Å². The zero-order valence-electron chi connectivity index (χ0n) is 16.6. The molecule has 2 aromatic carbocycles. The molecule has 0 saturated carbocycles. The maximum Gasteiger partial charge on any atom is 0.226 e. The number of Topliss-reactive ketones (excluding diaryl/α,β-unsaturated/α-hetero) is 1. The van der Waals surface area contributed by atoms with E-state index in [9.17, 15) is 9.59 Å². The van der Waals surface area contributed by atoms with E-state index in [1.54, 1.807) is 6.07 Å². The Morgan fingerprint density at radius 2 is 1.79 bits per heavy atom. The molecule has 1 amide bonds.